The van der Waals surface area contributed by atoms with E-state index in [0.29, 0.717) is 11.6 Å². The fourth-order valence-corrected chi connectivity index (χ4v) is 3.35. The smallest absolute Gasteiger partial charge is 0.142 e. The number of rotatable bonds is 5. The lowest BCUT2D eigenvalue weighted by Gasteiger charge is -2.34. The second-order valence-electron chi connectivity index (χ2n) is 6.58. The van der Waals surface area contributed by atoms with Crippen molar-refractivity contribution in [1.82, 2.24) is 9.88 Å². The summed E-state index contributed by atoms with van der Waals surface area (Å²) in [6.45, 7) is 4.36. The quantitative estimate of drug-likeness (QED) is 0.848. The van der Waals surface area contributed by atoms with Crippen molar-refractivity contribution in [3.63, 3.8) is 0 Å². The second-order valence-corrected chi connectivity index (χ2v) is 6.58. The number of benzene rings is 1. The highest BCUT2D eigenvalue weighted by molar-refractivity contribution is 5.40. The van der Waals surface area contributed by atoms with Gasteiger partial charge in [0.05, 0.1) is 0 Å². The van der Waals surface area contributed by atoms with E-state index < -0.39 is 0 Å². The summed E-state index contributed by atoms with van der Waals surface area (Å²) in [7, 11) is 2.07. The topological polar surface area (TPSA) is 43.2 Å². The number of nitrogens with zero attached hydrogens (tertiary/aromatic N) is 4. The molecule has 0 radical (unpaired) electrons. The van der Waals surface area contributed by atoms with Gasteiger partial charge in [-0.1, -0.05) is 36.4 Å². The first-order chi connectivity index (χ1) is 11.7. The largest absolute Gasteiger partial charge is 0.359 e. The van der Waals surface area contributed by atoms with Gasteiger partial charge in [-0.2, -0.15) is 5.26 Å². The summed E-state index contributed by atoms with van der Waals surface area (Å²) in [4.78, 5) is 9.10. The molecule has 1 saturated heterocycles. The van der Waals surface area contributed by atoms with Crippen LogP contribution in [0.2, 0.25) is 0 Å². The van der Waals surface area contributed by atoms with Crippen LogP contribution in [0.5, 0.6) is 0 Å². The maximum atomic E-state index is 8.98. The Hall–Kier alpha value is -2.38. The SMILES string of the molecule is CN(CC1CCN(Cc2ccccc2)CC1)c1cccc(C#N)n1. The maximum absolute atomic E-state index is 8.98. The molecule has 0 bridgehead atoms. The van der Waals surface area contributed by atoms with Crippen LogP contribution in [-0.2, 0) is 6.54 Å². The zero-order valence-corrected chi connectivity index (χ0v) is 14.2. The molecule has 0 unspecified atom stereocenters. The normalized spacial score (nSPS) is 15.8. The van der Waals surface area contributed by atoms with Crippen LogP contribution in [0.3, 0.4) is 0 Å². The molecule has 4 heteroatoms. The predicted molar refractivity (Wildman–Crippen MR) is 96.7 cm³/mol. The third-order valence-electron chi connectivity index (χ3n) is 4.73. The summed E-state index contributed by atoms with van der Waals surface area (Å²) >= 11 is 0. The molecule has 2 aromatic rings. The van der Waals surface area contributed by atoms with Crippen LogP contribution in [0.15, 0.2) is 48.5 Å². The first kappa shape index (κ1) is 16.5. The number of hydrogen-bond acceptors (Lipinski definition) is 4. The van der Waals surface area contributed by atoms with E-state index in [-0.39, 0.29) is 0 Å². The molecule has 0 amide bonds. The summed E-state index contributed by atoms with van der Waals surface area (Å²) in [5.41, 5.74) is 1.88. The van der Waals surface area contributed by atoms with Crippen LogP contribution < -0.4 is 4.90 Å². The Bertz CT molecular complexity index is 684. The number of anilines is 1. The van der Waals surface area contributed by atoms with Gasteiger partial charge < -0.3 is 4.90 Å². The van der Waals surface area contributed by atoms with Crippen LogP contribution >= 0.6 is 0 Å². The number of likely N-dealkylation sites (tertiary alicyclic amines) is 1. The first-order valence-corrected chi connectivity index (χ1v) is 8.59. The van der Waals surface area contributed by atoms with Crippen molar-refractivity contribution in [2.75, 3.05) is 31.6 Å². The van der Waals surface area contributed by atoms with Crippen molar-refractivity contribution in [2.45, 2.75) is 19.4 Å². The molecule has 1 aliphatic rings. The number of hydrogen-bond donors (Lipinski definition) is 0. The van der Waals surface area contributed by atoms with Crippen LogP contribution in [0, 0.1) is 17.2 Å². The highest BCUT2D eigenvalue weighted by atomic mass is 15.2. The minimum Gasteiger partial charge on any atom is -0.359 e. The van der Waals surface area contributed by atoms with Crippen molar-refractivity contribution in [1.29, 1.82) is 5.26 Å². The number of piperidine rings is 1. The first-order valence-electron chi connectivity index (χ1n) is 8.59. The van der Waals surface area contributed by atoms with Crippen LogP contribution in [0.4, 0.5) is 5.82 Å². The molecular weight excluding hydrogens is 296 g/mol. The van der Waals surface area contributed by atoms with Gasteiger partial charge in [0, 0.05) is 20.1 Å². The lowest BCUT2D eigenvalue weighted by Crippen LogP contribution is -2.37. The monoisotopic (exact) mass is 320 g/mol. The van der Waals surface area contributed by atoms with Gasteiger partial charge in [0.1, 0.15) is 17.6 Å². The molecule has 1 aromatic carbocycles. The lowest BCUT2D eigenvalue weighted by molar-refractivity contribution is 0.179. The Labute approximate surface area is 144 Å². The lowest BCUT2D eigenvalue weighted by atomic mass is 9.96. The van der Waals surface area contributed by atoms with E-state index in [2.05, 4.69) is 58.2 Å². The minimum atomic E-state index is 0.483. The van der Waals surface area contributed by atoms with Gasteiger partial charge in [-0.15, -0.1) is 0 Å². The Morgan fingerprint density at radius 1 is 1.12 bits per heavy atom. The molecule has 0 atom stereocenters. The average molecular weight is 320 g/mol. The number of nitriles is 1. The Morgan fingerprint density at radius 3 is 2.58 bits per heavy atom. The summed E-state index contributed by atoms with van der Waals surface area (Å²) in [6, 6.07) is 18.4. The van der Waals surface area contributed by atoms with E-state index >= 15 is 0 Å². The summed E-state index contributed by atoms with van der Waals surface area (Å²) in [5.74, 6) is 1.58. The van der Waals surface area contributed by atoms with E-state index in [1.54, 1.807) is 6.07 Å². The summed E-state index contributed by atoms with van der Waals surface area (Å²) in [6.07, 6.45) is 2.43. The molecule has 0 N–H and O–H groups in total. The van der Waals surface area contributed by atoms with Crippen LogP contribution in [-0.4, -0.2) is 36.6 Å². The molecule has 124 valence electrons. The van der Waals surface area contributed by atoms with E-state index in [4.69, 9.17) is 5.26 Å². The summed E-state index contributed by atoms with van der Waals surface area (Å²) < 4.78 is 0. The molecule has 1 aliphatic heterocycles. The third kappa shape index (κ3) is 4.33. The molecule has 24 heavy (non-hydrogen) atoms. The summed E-state index contributed by atoms with van der Waals surface area (Å²) in [5, 5.41) is 8.98. The molecule has 3 rings (SSSR count). The van der Waals surface area contributed by atoms with Crippen molar-refractivity contribution in [3.05, 3.63) is 59.8 Å². The van der Waals surface area contributed by atoms with Crippen molar-refractivity contribution < 1.29 is 0 Å². The molecule has 0 saturated carbocycles. The number of pyridine rings is 1. The molecule has 1 aromatic heterocycles. The van der Waals surface area contributed by atoms with E-state index in [9.17, 15) is 0 Å². The average Bonchev–Trinajstić information content (AvgIpc) is 2.64. The molecule has 4 nitrogen and oxygen atoms in total. The van der Waals surface area contributed by atoms with Crippen LogP contribution in [0.1, 0.15) is 24.1 Å². The zero-order valence-electron chi connectivity index (χ0n) is 14.2. The van der Waals surface area contributed by atoms with E-state index in [1.165, 1.54) is 18.4 Å². The van der Waals surface area contributed by atoms with Crippen molar-refractivity contribution in [3.8, 4) is 6.07 Å². The minimum absolute atomic E-state index is 0.483. The van der Waals surface area contributed by atoms with Crippen molar-refractivity contribution >= 4 is 5.82 Å². The van der Waals surface area contributed by atoms with Crippen molar-refractivity contribution in [2.24, 2.45) is 5.92 Å². The third-order valence-corrected chi connectivity index (χ3v) is 4.73. The highest BCUT2D eigenvalue weighted by Gasteiger charge is 2.21. The maximum Gasteiger partial charge on any atom is 0.142 e. The van der Waals surface area contributed by atoms with E-state index in [0.717, 1.165) is 32.0 Å². The predicted octanol–water partition coefficient (Wildman–Crippen LogP) is 3.30. The Balaban J connectivity index is 1.49. The van der Waals surface area contributed by atoms with Gasteiger partial charge in [-0.05, 0) is 49.5 Å². The van der Waals surface area contributed by atoms with Gasteiger partial charge in [0.25, 0.3) is 0 Å². The van der Waals surface area contributed by atoms with Gasteiger partial charge in [-0.3, -0.25) is 4.90 Å². The van der Waals surface area contributed by atoms with Gasteiger partial charge >= 0.3 is 0 Å². The fraction of sp³-hybridized carbons (Fsp3) is 0.400. The molecule has 1 fully saturated rings. The van der Waals surface area contributed by atoms with Crippen LogP contribution in [0.25, 0.3) is 0 Å². The Morgan fingerprint density at radius 2 is 1.88 bits per heavy atom. The number of aromatic nitrogens is 1. The molecule has 0 spiro atoms. The van der Waals surface area contributed by atoms with E-state index in [1.807, 2.05) is 12.1 Å². The molecule has 2 heterocycles. The van der Waals surface area contributed by atoms with Gasteiger partial charge in [-0.25, -0.2) is 4.98 Å². The Kier molecular flexibility index (Phi) is 5.45. The molecular formula is C20H24N4. The van der Waals surface area contributed by atoms with Gasteiger partial charge in [0.15, 0.2) is 0 Å². The fourth-order valence-electron chi connectivity index (χ4n) is 3.35. The molecule has 0 aliphatic carbocycles. The standard InChI is InChI=1S/C20H24N4/c1-23(20-9-5-8-19(14-21)22-20)15-18-10-12-24(13-11-18)16-17-6-3-2-4-7-17/h2-9,18H,10-13,15-16H2,1H3. The second kappa shape index (κ2) is 7.94. The van der Waals surface area contributed by atoms with Gasteiger partial charge in [0.2, 0.25) is 0 Å². The highest BCUT2D eigenvalue weighted by Crippen LogP contribution is 2.21. The zero-order chi connectivity index (χ0) is 16.8.